The molecular weight excluding hydrogens is 342 g/mol. The highest BCUT2D eigenvalue weighted by molar-refractivity contribution is 5.94. The summed E-state index contributed by atoms with van der Waals surface area (Å²) in [6, 6.07) is 10.8. The summed E-state index contributed by atoms with van der Waals surface area (Å²) in [7, 11) is 0. The average molecular weight is 359 g/mol. The minimum Gasteiger partial charge on any atom is -0.508 e. The van der Waals surface area contributed by atoms with Crippen LogP contribution in [0, 0.1) is 13.8 Å². The van der Waals surface area contributed by atoms with Crippen LogP contribution in [0.5, 0.6) is 17.4 Å². The summed E-state index contributed by atoms with van der Waals surface area (Å²) in [5.41, 5.74) is 9.43. The number of phenols is 1. The van der Waals surface area contributed by atoms with E-state index in [1.165, 1.54) is 6.33 Å². The van der Waals surface area contributed by atoms with E-state index in [0.717, 1.165) is 5.56 Å². The Balaban J connectivity index is 1.95. The first kappa shape index (κ1) is 16.7. The van der Waals surface area contributed by atoms with Gasteiger partial charge in [-0.3, -0.25) is 4.98 Å². The summed E-state index contributed by atoms with van der Waals surface area (Å²) in [5, 5.41) is 10.6. The summed E-state index contributed by atoms with van der Waals surface area (Å²) < 4.78 is 6.12. The number of nitrogens with zero attached hydrogens (tertiary/aromatic N) is 4. The van der Waals surface area contributed by atoms with E-state index in [4.69, 9.17) is 10.5 Å². The normalized spacial score (nSPS) is 10.9. The van der Waals surface area contributed by atoms with Gasteiger partial charge >= 0.3 is 0 Å². The van der Waals surface area contributed by atoms with Gasteiger partial charge in [-0.2, -0.15) is 0 Å². The van der Waals surface area contributed by atoms with Crippen molar-refractivity contribution in [2.45, 2.75) is 13.8 Å². The lowest BCUT2D eigenvalue weighted by Crippen LogP contribution is -2.01. The predicted octanol–water partition coefficient (Wildman–Crippen LogP) is 3.78. The van der Waals surface area contributed by atoms with Gasteiger partial charge in [0.05, 0.1) is 16.9 Å². The number of phenolic OH excluding ortho intramolecular Hbond substituents is 1. The fourth-order valence-corrected chi connectivity index (χ4v) is 2.86. The van der Waals surface area contributed by atoms with Crippen molar-refractivity contribution in [3.05, 3.63) is 60.0 Å². The van der Waals surface area contributed by atoms with E-state index in [1.807, 2.05) is 25.1 Å². The highest BCUT2D eigenvalue weighted by Gasteiger charge is 2.17. The van der Waals surface area contributed by atoms with Gasteiger partial charge in [-0.15, -0.1) is 0 Å². The molecule has 0 aliphatic heterocycles. The van der Waals surface area contributed by atoms with Gasteiger partial charge in [0.15, 0.2) is 0 Å². The molecule has 4 rings (SSSR count). The number of nitrogens with two attached hydrogens (primary N) is 1. The van der Waals surface area contributed by atoms with Gasteiger partial charge in [0.2, 0.25) is 5.88 Å². The van der Waals surface area contributed by atoms with Gasteiger partial charge in [0.1, 0.15) is 29.0 Å². The van der Waals surface area contributed by atoms with Gasteiger partial charge in [0, 0.05) is 11.8 Å². The fraction of sp³-hybridized carbons (Fsp3) is 0.100. The number of hydrogen-bond acceptors (Lipinski definition) is 7. The van der Waals surface area contributed by atoms with E-state index in [1.54, 1.807) is 31.3 Å². The van der Waals surface area contributed by atoms with E-state index in [2.05, 4.69) is 19.9 Å². The molecule has 0 aliphatic rings. The standard InChI is InChI=1S/C20H17N5O2/c1-11-6-7-16(26)12(2)18(11)27-20-17-15(23-10-24-19(17)21)9-14(25-20)13-5-3-4-8-22-13/h3-10,26H,1-2H3,(H2,21,23,24). The molecule has 0 radical (unpaired) electrons. The average Bonchev–Trinajstić information content (AvgIpc) is 2.68. The molecule has 1 aromatic carbocycles. The number of fused-ring (bicyclic) bond motifs is 1. The first-order valence-electron chi connectivity index (χ1n) is 8.34. The summed E-state index contributed by atoms with van der Waals surface area (Å²) in [5.74, 6) is 1.20. The molecule has 0 atom stereocenters. The Morgan fingerprint density at radius 2 is 1.85 bits per heavy atom. The molecule has 3 heterocycles. The molecule has 0 spiro atoms. The van der Waals surface area contributed by atoms with E-state index in [-0.39, 0.29) is 17.4 Å². The number of nitrogen functional groups attached to an aromatic ring is 1. The topological polar surface area (TPSA) is 107 Å². The van der Waals surface area contributed by atoms with Crippen molar-refractivity contribution >= 4 is 16.7 Å². The van der Waals surface area contributed by atoms with Crippen molar-refractivity contribution in [2.24, 2.45) is 0 Å². The lowest BCUT2D eigenvalue weighted by molar-refractivity contribution is 0.440. The Bertz CT molecular complexity index is 1150. The molecule has 0 saturated carbocycles. The van der Waals surface area contributed by atoms with Gasteiger partial charge in [-0.25, -0.2) is 15.0 Å². The van der Waals surface area contributed by atoms with Crippen LogP contribution in [0.4, 0.5) is 5.82 Å². The number of pyridine rings is 2. The number of aryl methyl sites for hydroxylation is 1. The van der Waals surface area contributed by atoms with Crippen LogP contribution < -0.4 is 10.5 Å². The minimum absolute atomic E-state index is 0.144. The number of aromatic nitrogens is 4. The Kier molecular flexibility index (Phi) is 4.04. The summed E-state index contributed by atoms with van der Waals surface area (Å²) in [4.78, 5) is 17.3. The van der Waals surface area contributed by atoms with Crippen LogP contribution in [-0.2, 0) is 0 Å². The van der Waals surface area contributed by atoms with Gasteiger partial charge in [-0.1, -0.05) is 12.1 Å². The van der Waals surface area contributed by atoms with Crippen molar-refractivity contribution in [3.63, 3.8) is 0 Å². The molecule has 0 aliphatic carbocycles. The van der Waals surface area contributed by atoms with Crippen molar-refractivity contribution < 1.29 is 9.84 Å². The maximum atomic E-state index is 10.0. The van der Waals surface area contributed by atoms with E-state index in [0.29, 0.717) is 33.6 Å². The summed E-state index contributed by atoms with van der Waals surface area (Å²) >= 11 is 0. The third kappa shape index (κ3) is 2.99. The molecule has 3 aromatic heterocycles. The van der Waals surface area contributed by atoms with E-state index in [9.17, 15) is 5.11 Å². The first-order chi connectivity index (χ1) is 13.0. The molecule has 0 fully saturated rings. The largest absolute Gasteiger partial charge is 0.508 e. The molecule has 7 heteroatoms. The minimum atomic E-state index is 0.144. The summed E-state index contributed by atoms with van der Waals surface area (Å²) in [6.07, 6.45) is 3.09. The third-order valence-electron chi connectivity index (χ3n) is 4.32. The smallest absolute Gasteiger partial charge is 0.233 e. The zero-order chi connectivity index (χ0) is 19.0. The van der Waals surface area contributed by atoms with Crippen LogP contribution in [0.1, 0.15) is 11.1 Å². The molecule has 27 heavy (non-hydrogen) atoms. The van der Waals surface area contributed by atoms with Gasteiger partial charge < -0.3 is 15.6 Å². The molecule has 7 nitrogen and oxygen atoms in total. The Hall–Kier alpha value is -3.74. The van der Waals surface area contributed by atoms with Crippen LogP contribution in [0.2, 0.25) is 0 Å². The molecule has 0 unspecified atom stereocenters. The highest BCUT2D eigenvalue weighted by Crippen LogP contribution is 2.37. The van der Waals surface area contributed by atoms with Crippen LogP contribution >= 0.6 is 0 Å². The highest BCUT2D eigenvalue weighted by atomic mass is 16.5. The molecule has 3 N–H and O–H groups in total. The number of ether oxygens (including phenoxy) is 1. The SMILES string of the molecule is Cc1ccc(O)c(C)c1Oc1nc(-c2ccccn2)cc2ncnc(N)c12. The lowest BCUT2D eigenvalue weighted by atomic mass is 10.1. The summed E-state index contributed by atoms with van der Waals surface area (Å²) in [6.45, 7) is 3.68. The monoisotopic (exact) mass is 359 g/mol. The lowest BCUT2D eigenvalue weighted by Gasteiger charge is -2.15. The number of benzene rings is 1. The Labute approximate surface area is 155 Å². The molecular formula is C20H17N5O2. The zero-order valence-corrected chi connectivity index (χ0v) is 14.8. The van der Waals surface area contributed by atoms with Gasteiger partial charge in [0.25, 0.3) is 0 Å². The maximum Gasteiger partial charge on any atom is 0.233 e. The van der Waals surface area contributed by atoms with E-state index >= 15 is 0 Å². The van der Waals surface area contributed by atoms with Crippen LogP contribution in [0.3, 0.4) is 0 Å². The van der Waals surface area contributed by atoms with Gasteiger partial charge in [-0.05, 0) is 43.7 Å². The predicted molar refractivity (Wildman–Crippen MR) is 103 cm³/mol. The van der Waals surface area contributed by atoms with Crippen molar-refractivity contribution in [2.75, 3.05) is 5.73 Å². The van der Waals surface area contributed by atoms with Crippen molar-refractivity contribution in [1.82, 2.24) is 19.9 Å². The van der Waals surface area contributed by atoms with Crippen LogP contribution in [-0.4, -0.2) is 25.0 Å². The maximum absolute atomic E-state index is 10.0. The van der Waals surface area contributed by atoms with Crippen molar-refractivity contribution in [1.29, 1.82) is 0 Å². The van der Waals surface area contributed by atoms with Crippen LogP contribution in [0.25, 0.3) is 22.3 Å². The Morgan fingerprint density at radius 3 is 2.63 bits per heavy atom. The Morgan fingerprint density at radius 1 is 1.00 bits per heavy atom. The number of aromatic hydroxyl groups is 1. The number of anilines is 1. The molecule has 0 bridgehead atoms. The third-order valence-corrected chi connectivity index (χ3v) is 4.32. The van der Waals surface area contributed by atoms with E-state index < -0.39 is 0 Å². The quantitative estimate of drug-likeness (QED) is 0.573. The number of hydrogen-bond donors (Lipinski definition) is 2. The molecule has 4 aromatic rings. The first-order valence-corrected chi connectivity index (χ1v) is 8.34. The second-order valence-electron chi connectivity index (χ2n) is 6.14. The molecule has 0 amide bonds. The second-order valence-corrected chi connectivity index (χ2v) is 6.14. The molecule has 134 valence electrons. The fourth-order valence-electron chi connectivity index (χ4n) is 2.86. The molecule has 0 saturated heterocycles. The second kappa shape index (κ2) is 6.53. The zero-order valence-electron chi connectivity index (χ0n) is 14.8. The van der Waals surface area contributed by atoms with Crippen molar-refractivity contribution in [3.8, 4) is 28.8 Å². The number of rotatable bonds is 3. The van der Waals surface area contributed by atoms with Crippen LogP contribution in [0.15, 0.2) is 48.9 Å².